The van der Waals surface area contributed by atoms with E-state index in [0.29, 0.717) is 5.76 Å². The SMILES string of the molecule is C[C@H]1Cc2ccccc2N1C(=O)CNC(=O)NCc1ccco1. The van der Waals surface area contributed by atoms with Crippen molar-refractivity contribution in [2.45, 2.75) is 25.9 Å². The maximum atomic E-state index is 12.4. The topological polar surface area (TPSA) is 74.6 Å². The summed E-state index contributed by atoms with van der Waals surface area (Å²) in [4.78, 5) is 25.9. The highest BCUT2D eigenvalue weighted by Gasteiger charge is 2.30. The van der Waals surface area contributed by atoms with Gasteiger partial charge in [0, 0.05) is 11.7 Å². The Balaban J connectivity index is 1.52. The van der Waals surface area contributed by atoms with Crippen molar-refractivity contribution in [2.75, 3.05) is 11.4 Å². The van der Waals surface area contributed by atoms with Crippen LogP contribution in [0.2, 0.25) is 0 Å². The van der Waals surface area contributed by atoms with Crippen molar-refractivity contribution in [2.24, 2.45) is 0 Å². The summed E-state index contributed by atoms with van der Waals surface area (Å²) in [7, 11) is 0. The monoisotopic (exact) mass is 313 g/mol. The third-order valence-electron chi connectivity index (χ3n) is 3.88. The fraction of sp³-hybridized carbons (Fsp3) is 0.294. The van der Waals surface area contributed by atoms with E-state index in [0.717, 1.165) is 17.7 Å². The van der Waals surface area contributed by atoms with Crippen LogP contribution >= 0.6 is 0 Å². The molecule has 2 aromatic rings. The summed E-state index contributed by atoms with van der Waals surface area (Å²) in [6, 6.07) is 11.1. The van der Waals surface area contributed by atoms with Gasteiger partial charge < -0.3 is 20.0 Å². The van der Waals surface area contributed by atoms with Crippen molar-refractivity contribution in [1.82, 2.24) is 10.6 Å². The van der Waals surface area contributed by atoms with Crippen LogP contribution in [0, 0.1) is 0 Å². The molecule has 0 unspecified atom stereocenters. The first kappa shape index (κ1) is 15.1. The molecular formula is C17H19N3O3. The Kier molecular flexibility index (Phi) is 4.32. The van der Waals surface area contributed by atoms with Gasteiger partial charge in [-0.1, -0.05) is 18.2 Å². The van der Waals surface area contributed by atoms with Gasteiger partial charge in [-0.3, -0.25) is 4.79 Å². The summed E-state index contributed by atoms with van der Waals surface area (Å²) < 4.78 is 5.13. The molecule has 6 heteroatoms. The summed E-state index contributed by atoms with van der Waals surface area (Å²) in [5.41, 5.74) is 2.10. The van der Waals surface area contributed by atoms with Gasteiger partial charge in [0.1, 0.15) is 5.76 Å². The molecule has 1 aromatic carbocycles. The normalized spacial score (nSPS) is 16.0. The van der Waals surface area contributed by atoms with Gasteiger partial charge >= 0.3 is 6.03 Å². The number of fused-ring (bicyclic) bond motifs is 1. The number of furan rings is 1. The molecule has 0 aliphatic carbocycles. The highest BCUT2D eigenvalue weighted by atomic mass is 16.3. The number of urea groups is 1. The predicted octanol–water partition coefficient (Wildman–Crippen LogP) is 2.06. The number of carbonyl (C=O) groups is 2. The largest absolute Gasteiger partial charge is 0.467 e. The molecule has 1 aromatic heterocycles. The number of anilines is 1. The molecule has 120 valence electrons. The molecule has 2 N–H and O–H groups in total. The fourth-order valence-electron chi connectivity index (χ4n) is 2.83. The van der Waals surface area contributed by atoms with Crippen molar-refractivity contribution in [3.63, 3.8) is 0 Å². The molecular weight excluding hydrogens is 294 g/mol. The summed E-state index contributed by atoms with van der Waals surface area (Å²) in [6.07, 6.45) is 2.39. The van der Waals surface area contributed by atoms with Gasteiger partial charge in [-0.25, -0.2) is 4.79 Å². The molecule has 0 bridgehead atoms. The average molecular weight is 313 g/mol. The van der Waals surface area contributed by atoms with Crippen LogP contribution in [0.3, 0.4) is 0 Å². The van der Waals surface area contributed by atoms with Crippen molar-refractivity contribution >= 4 is 17.6 Å². The zero-order valence-corrected chi connectivity index (χ0v) is 12.9. The average Bonchev–Trinajstić information content (AvgIpc) is 3.17. The molecule has 0 radical (unpaired) electrons. The van der Waals surface area contributed by atoms with Crippen LogP contribution < -0.4 is 15.5 Å². The van der Waals surface area contributed by atoms with Crippen LogP contribution in [0.4, 0.5) is 10.5 Å². The maximum absolute atomic E-state index is 12.4. The lowest BCUT2D eigenvalue weighted by atomic mass is 10.1. The first-order valence-corrected chi connectivity index (χ1v) is 7.59. The van der Waals surface area contributed by atoms with Crippen molar-refractivity contribution < 1.29 is 14.0 Å². The summed E-state index contributed by atoms with van der Waals surface area (Å²) in [6.45, 7) is 2.26. The number of carbonyl (C=O) groups excluding carboxylic acids is 2. The second kappa shape index (κ2) is 6.56. The molecule has 0 saturated heterocycles. The molecule has 23 heavy (non-hydrogen) atoms. The molecule has 0 fully saturated rings. The van der Waals surface area contributed by atoms with Crippen LogP contribution in [0.15, 0.2) is 47.1 Å². The second-order valence-electron chi connectivity index (χ2n) is 5.56. The van der Waals surface area contributed by atoms with Gasteiger partial charge in [0.25, 0.3) is 0 Å². The first-order chi connectivity index (χ1) is 11.1. The standard InChI is InChI=1S/C17H19N3O3/c1-12-9-13-5-2-3-7-15(13)20(12)16(21)11-19-17(22)18-10-14-6-4-8-23-14/h2-8,12H,9-11H2,1H3,(H2,18,19,22)/t12-/m0/s1. The Morgan fingerprint density at radius 3 is 2.83 bits per heavy atom. The molecule has 1 aliphatic rings. The van der Waals surface area contributed by atoms with E-state index in [1.165, 1.54) is 0 Å². The number of amides is 3. The number of nitrogens with zero attached hydrogens (tertiary/aromatic N) is 1. The minimum absolute atomic E-state index is 0.0390. The molecule has 1 atom stereocenters. The Hall–Kier alpha value is -2.76. The van der Waals surface area contributed by atoms with Crippen molar-refractivity contribution in [3.05, 3.63) is 54.0 Å². The summed E-state index contributed by atoms with van der Waals surface area (Å²) >= 11 is 0. The van der Waals surface area contributed by atoms with Gasteiger partial charge in [0.2, 0.25) is 5.91 Å². The van der Waals surface area contributed by atoms with Gasteiger partial charge in [-0.2, -0.15) is 0 Å². The van der Waals surface area contributed by atoms with Gasteiger partial charge in [0.15, 0.2) is 0 Å². The van der Waals surface area contributed by atoms with Crippen LogP contribution in [-0.4, -0.2) is 24.5 Å². The molecule has 1 aliphatic heterocycles. The van der Waals surface area contributed by atoms with E-state index >= 15 is 0 Å². The van der Waals surface area contributed by atoms with E-state index in [1.807, 2.05) is 31.2 Å². The zero-order valence-electron chi connectivity index (χ0n) is 12.9. The first-order valence-electron chi connectivity index (χ1n) is 7.59. The highest BCUT2D eigenvalue weighted by Crippen LogP contribution is 2.31. The van der Waals surface area contributed by atoms with Crippen molar-refractivity contribution in [1.29, 1.82) is 0 Å². The molecule has 0 saturated carbocycles. The van der Waals surface area contributed by atoms with Gasteiger partial charge in [0.05, 0.1) is 19.4 Å². The molecule has 3 rings (SSSR count). The number of para-hydroxylation sites is 1. The third-order valence-corrected chi connectivity index (χ3v) is 3.88. The lowest BCUT2D eigenvalue weighted by Gasteiger charge is -2.22. The van der Waals surface area contributed by atoms with Crippen LogP contribution in [0.25, 0.3) is 0 Å². The smallest absolute Gasteiger partial charge is 0.315 e. The summed E-state index contributed by atoms with van der Waals surface area (Å²) in [5, 5.41) is 5.24. The lowest BCUT2D eigenvalue weighted by Crippen LogP contribution is -2.45. The minimum Gasteiger partial charge on any atom is -0.467 e. The van der Waals surface area contributed by atoms with E-state index < -0.39 is 6.03 Å². The molecule has 2 heterocycles. The van der Waals surface area contributed by atoms with Crippen LogP contribution in [0.1, 0.15) is 18.2 Å². The number of hydrogen-bond acceptors (Lipinski definition) is 3. The zero-order chi connectivity index (χ0) is 16.2. The molecule has 6 nitrogen and oxygen atoms in total. The van der Waals surface area contributed by atoms with Gasteiger partial charge in [-0.15, -0.1) is 0 Å². The third kappa shape index (κ3) is 3.36. The molecule has 3 amide bonds. The van der Waals surface area contributed by atoms with Crippen LogP contribution in [0.5, 0.6) is 0 Å². The quantitative estimate of drug-likeness (QED) is 0.907. The van der Waals surface area contributed by atoms with E-state index in [-0.39, 0.29) is 25.0 Å². The lowest BCUT2D eigenvalue weighted by molar-refractivity contribution is -0.117. The fourth-order valence-corrected chi connectivity index (χ4v) is 2.83. The minimum atomic E-state index is -0.394. The van der Waals surface area contributed by atoms with E-state index in [2.05, 4.69) is 10.6 Å². The Morgan fingerprint density at radius 2 is 2.04 bits per heavy atom. The maximum Gasteiger partial charge on any atom is 0.315 e. The Morgan fingerprint density at radius 1 is 1.22 bits per heavy atom. The Bertz CT molecular complexity index is 697. The van der Waals surface area contributed by atoms with E-state index in [1.54, 1.807) is 23.3 Å². The summed E-state index contributed by atoms with van der Waals surface area (Å²) in [5.74, 6) is 0.546. The number of rotatable bonds is 4. The Labute approximate surface area is 134 Å². The highest BCUT2D eigenvalue weighted by molar-refractivity contribution is 5.98. The second-order valence-corrected chi connectivity index (χ2v) is 5.56. The van der Waals surface area contributed by atoms with E-state index in [4.69, 9.17) is 4.42 Å². The predicted molar refractivity (Wildman–Crippen MR) is 86.0 cm³/mol. The number of hydrogen-bond donors (Lipinski definition) is 2. The number of benzene rings is 1. The number of nitrogens with one attached hydrogen (secondary N) is 2. The van der Waals surface area contributed by atoms with Crippen molar-refractivity contribution in [3.8, 4) is 0 Å². The molecule has 0 spiro atoms. The van der Waals surface area contributed by atoms with Crippen LogP contribution in [-0.2, 0) is 17.8 Å². The van der Waals surface area contributed by atoms with Gasteiger partial charge in [-0.05, 0) is 37.1 Å². The van der Waals surface area contributed by atoms with E-state index in [9.17, 15) is 9.59 Å².